The summed E-state index contributed by atoms with van der Waals surface area (Å²) in [7, 11) is 0. The third-order valence-electron chi connectivity index (χ3n) is 1.96. The monoisotopic (exact) mass is 210 g/mol. The second-order valence-electron chi connectivity index (χ2n) is 3.39. The van der Waals surface area contributed by atoms with Crippen LogP contribution in [0.3, 0.4) is 0 Å². The molecule has 0 aliphatic heterocycles. The van der Waals surface area contributed by atoms with Crippen LogP contribution in [0.5, 0.6) is 0 Å². The Labute approximate surface area is 89.9 Å². The van der Waals surface area contributed by atoms with Gasteiger partial charge in [-0.15, -0.1) is 0 Å². The van der Waals surface area contributed by atoms with Gasteiger partial charge in [0.15, 0.2) is 0 Å². The van der Waals surface area contributed by atoms with Crippen molar-refractivity contribution in [2.75, 3.05) is 36.9 Å². The van der Waals surface area contributed by atoms with E-state index in [4.69, 9.17) is 10.2 Å². The van der Waals surface area contributed by atoms with Crippen LogP contribution in [0, 0.1) is 6.92 Å². The zero-order chi connectivity index (χ0) is 11.1. The zero-order valence-electron chi connectivity index (χ0n) is 8.95. The van der Waals surface area contributed by atoms with Crippen molar-refractivity contribution < 1.29 is 10.2 Å². The van der Waals surface area contributed by atoms with E-state index in [1.54, 1.807) is 0 Å². The Morgan fingerprint density at radius 3 is 1.80 bits per heavy atom. The van der Waals surface area contributed by atoms with Gasteiger partial charge < -0.3 is 20.8 Å². The first-order valence-electron chi connectivity index (χ1n) is 5.07. The lowest BCUT2D eigenvalue weighted by atomic mass is 10.2. The highest BCUT2D eigenvalue weighted by Gasteiger charge is 1.97. The van der Waals surface area contributed by atoms with Crippen LogP contribution in [-0.2, 0) is 0 Å². The fraction of sp³-hybridized carbons (Fsp3) is 0.455. The molecule has 1 aromatic rings. The summed E-state index contributed by atoms with van der Waals surface area (Å²) in [6.45, 7) is 3.33. The fourth-order valence-corrected chi connectivity index (χ4v) is 1.39. The summed E-state index contributed by atoms with van der Waals surface area (Å²) in [5.41, 5.74) is 3.09. The minimum atomic E-state index is 0.118. The van der Waals surface area contributed by atoms with Crippen LogP contribution in [0.2, 0.25) is 0 Å². The summed E-state index contributed by atoms with van der Waals surface area (Å²) in [5, 5.41) is 23.6. The van der Waals surface area contributed by atoms with Crippen LogP contribution in [0.1, 0.15) is 5.56 Å². The van der Waals surface area contributed by atoms with Crippen molar-refractivity contribution in [3.63, 3.8) is 0 Å². The molecule has 0 bridgehead atoms. The molecule has 0 saturated carbocycles. The van der Waals surface area contributed by atoms with E-state index in [-0.39, 0.29) is 13.2 Å². The molecule has 1 aromatic carbocycles. The topological polar surface area (TPSA) is 64.5 Å². The van der Waals surface area contributed by atoms with Crippen LogP contribution >= 0.6 is 0 Å². The minimum Gasteiger partial charge on any atom is -0.395 e. The summed E-state index contributed by atoms with van der Waals surface area (Å²) in [6.07, 6.45) is 0. The zero-order valence-corrected chi connectivity index (χ0v) is 8.95. The number of benzene rings is 1. The Bertz CT molecular complexity index is 276. The van der Waals surface area contributed by atoms with Crippen molar-refractivity contribution in [1.29, 1.82) is 0 Å². The van der Waals surface area contributed by atoms with Gasteiger partial charge in [-0.3, -0.25) is 0 Å². The first-order chi connectivity index (χ1) is 7.26. The van der Waals surface area contributed by atoms with E-state index in [2.05, 4.69) is 10.6 Å². The van der Waals surface area contributed by atoms with Gasteiger partial charge in [-0.25, -0.2) is 0 Å². The summed E-state index contributed by atoms with van der Waals surface area (Å²) < 4.78 is 0. The lowest BCUT2D eigenvalue weighted by Gasteiger charge is -2.10. The van der Waals surface area contributed by atoms with Crippen molar-refractivity contribution in [2.24, 2.45) is 0 Å². The average Bonchev–Trinajstić information content (AvgIpc) is 2.23. The Morgan fingerprint density at radius 1 is 0.933 bits per heavy atom. The molecule has 1 rings (SSSR count). The van der Waals surface area contributed by atoms with Gasteiger partial charge >= 0.3 is 0 Å². The van der Waals surface area contributed by atoms with Crippen LogP contribution < -0.4 is 10.6 Å². The van der Waals surface area contributed by atoms with Gasteiger partial charge in [0.1, 0.15) is 0 Å². The third kappa shape index (κ3) is 4.18. The number of aryl methyl sites for hydroxylation is 1. The van der Waals surface area contributed by atoms with E-state index in [1.165, 1.54) is 0 Å². The third-order valence-corrected chi connectivity index (χ3v) is 1.96. The maximum Gasteiger partial charge on any atom is 0.0604 e. The van der Waals surface area contributed by atoms with Crippen molar-refractivity contribution >= 4 is 11.4 Å². The molecule has 15 heavy (non-hydrogen) atoms. The smallest absolute Gasteiger partial charge is 0.0604 e. The minimum absolute atomic E-state index is 0.118. The molecule has 0 atom stereocenters. The van der Waals surface area contributed by atoms with Gasteiger partial charge in [0.25, 0.3) is 0 Å². The highest BCUT2D eigenvalue weighted by atomic mass is 16.3. The van der Waals surface area contributed by atoms with Gasteiger partial charge in [0.2, 0.25) is 0 Å². The molecule has 0 spiro atoms. The number of rotatable bonds is 6. The predicted octanol–water partition coefficient (Wildman–Crippen LogP) is 0.803. The molecule has 4 N–H and O–H groups in total. The van der Waals surface area contributed by atoms with E-state index in [1.807, 2.05) is 25.1 Å². The molecule has 0 radical (unpaired) electrons. The van der Waals surface area contributed by atoms with Crippen LogP contribution in [0.15, 0.2) is 18.2 Å². The molecule has 0 fully saturated rings. The summed E-state index contributed by atoms with van der Waals surface area (Å²) in [4.78, 5) is 0. The van der Waals surface area contributed by atoms with Crippen LogP contribution in [-0.4, -0.2) is 36.5 Å². The Morgan fingerprint density at radius 2 is 1.40 bits per heavy atom. The Hall–Kier alpha value is -1.26. The normalized spacial score (nSPS) is 10.1. The molecule has 4 heteroatoms. The van der Waals surface area contributed by atoms with E-state index >= 15 is 0 Å². The van der Waals surface area contributed by atoms with E-state index < -0.39 is 0 Å². The standard InChI is InChI=1S/C11H18N2O2/c1-9-6-10(12-2-4-14)8-11(7-9)13-3-5-15/h6-8,12-15H,2-5H2,1H3. The molecule has 0 aromatic heterocycles. The lowest BCUT2D eigenvalue weighted by molar-refractivity contribution is 0.311. The fourth-order valence-electron chi connectivity index (χ4n) is 1.39. The molecular formula is C11H18N2O2. The number of hydrogen-bond donors (Lipinski definition) is 4. The van der Waals surface area contributed by atoms with E-state index in [0.717, 1.165) is 16.9 Å². The van der Waals surface area contributed by atoms with Crippen molar-refractivity contribution in [2.45, 2.75) is 6.92 Å². The number of hydrogen-bond acceptors (Lipinski definition) is 4. The SMILES string of the molecule is Cc1cc(NCCO)cc(NCCO)c1. The van der Waals surface area contributed by atoms with Gasteiger partial charge in [0, 0.05) is 24.5 Å². The largest absolute Gasteiger partial charge is 0.395 e. The van der Waals surface area contributed by atoms with Crippen LogP contribution in [0.25, 0.3) is 0 Å². The predicted molar refractivity (Wildman–Crippen MR) is 62.3 cm³/mol. The van der Waals surface area contributed by atoms with E-state index in [9.17, 15) is 0 Å². The highest BCUT2D eigenvalue weighted by molar-refractivity contribution is 5.59. The Kier molecular flexibility index (Phi) is 4.93. The Balaban J connectivity index is 2.66. The molecule has 0 amide bonds. The second-order valence-corrected chi connectivity index (χ2v) is 3.39. The highest BCUT2D eigenvalue weighted by Crippen LogP contribution is 2.18. The molecule has 0 saturated heterocycles. The molecule has 4 nitrogen and oxygen atoms in total. The van der Waals surface area contributed by atoms with Gasteiger partial charge in [-0.2, -0.15) is 0 Å². The first-order valence-corrected chi connectivity index (χ1v) is 5.07. The quantitative estimate of drug-likeness (QED) is 0.561. The van der Waals surface area contributed by atoms with Crippen LogP contribution in [0.4, 0.5) is 11.4 Å². The molecular weight excluding hydrogens is 192 g/mol. The van der Waals surface area contributed by atoms with Crippen molar-refractivity contribution in [1.82, 2.24) is 0 Å². The molecule has 0 aliphatic carbocycles. The van der Waals surface area contributed by atoms with Gasteiger partial charge in [-0.05, 0) is 30.7 Å². The number of aliphatic hydroxyl groups excluding tert-OH is 2. The summed E-state index contributed by atoms with van der Waals surface area (Å²) in [6, 6.07) is 5.98. The van der Waals surface area contributed by atoms with Crippen molar-refractivity contribution in [3.8, 4) is 0 Å². The number of nitrogens with one attached hydrogen (secondary N) is 2. The lowest BCUT2D eigenvalue weighted by Crippen LogP contribution is -2.08. The average molecular weight is 210 g/mol. The summed E-state index contributed by atoms with van der Waals surface area (Å²) >= 11 is 0. The van der Waals surface area contributed by atoms with Gasteiger partial charge in [-0.1, -0.05) is 0 Å². The van der Waals surface area contributed by atoms with E-state index in [0.29, 0.717) is 13.1 Å². The maximum absolute atomic E-state index is 8.70. The molecule has 84 valence electrons. The maximum atomic E-state index is 8.70. The second kappa shape index (κ2) is 6.27. The molecule has 0 heterocycles. The number of anilines is 2. The summed E-state index contributed by atoms with van der Waals surface area (Å²) in [5.74, 6) is 0. The first kappa shape index (κ1) is 11.8. The van der Waals surface area contributed by atoms with Gasteiger partial charge in [0.05, 0.1) is 13.2 Å². The molecule has 0 unspecified atom stereocenters. The number of aliphatic hydroxyl groups is 2. The molecule has 0 aliphatic rings. The van der Waals surface area contributed by atoms with Crippen molar-refractivity contribution in [3.05, 3.63) is 23.8 Å².